The molecule has 5 rings (SSSR count). The summed E-state index contributed by atoms with van der Waals surface area (Å²) in [5.74, 6) is -1.56. The highest BCUT2D eigenvalue weighted by Crippen LogP contribution is 2.35. The second-order valence-electron chi connectivity index (χ2n) is 11.1. The molecule has 0 unspecified atom stereocenters. The number of nitrogens with one attached hydrogen (secondary N) is 2. The molecule has 2 N–H and O–H groups in total. The summed E-state index contributed by atoms with van der Waals surface area (Å²) in [4.78, 5) is 47.5. The van der Waals surface area contributed by atoms with E-state index in [1.165, 1.54) is 23.0 Å². The number of fused-ring (bicyclic) bond motifs is 2. The molecule has 0 bridgehead atoms. The van der Waals surface area contributed by atoms with Crippen molar-refractivity contribution in [1.82, 2.24) is 30.2 Å². The molecule has 4 aromatic rings. The highest BCUT2D eigenvalue weighted by Gasteiger charge is 2.30. The zero-order valence-electron chi connectivity index (χ0n) is 23.5. The molecule has 2 aromatic heterocycles. The SMILES string of the molecule is Cc1cc(CNC(=O)c2cc(C(=O)N[C@H]3CCc4c3ccc(C(=O)OC(C)(C)C)c4C)n3ncnc3n2)ccc1F. The number of hydrogen-bond donors (Lipinski definition) is 2. The summed E-state index contributed by atoms with van der Waals surface area (Å²) in [6.45, 7) is 9.17. The molecule has 2 aromatic carbocycles. The van der Waals surface area contributed by atoms with Gasteiger partial charge < -0.3 is 15.4 Å². The van der Waals surface area contributed by atoms with Gasteiger partial charge in [-0.05, 0) is 87.4 Å². The van der Waals surface area contributed by atoms with E-state index in [1.807, 2.05) is 33.8 Å². The molecule has 2 heterocycles. The first-order valence-corrected chi connectivity index (χ1v) is 13.3. The van der Waals surface area contributed by atoms with E-state index < -0.39 is 17.4 Å². The molecular weight excluding hydrogens is 527 g/mol. The van der Waals surface area contributed by atoms with Crippen LogP contribution in [-0.4, -0.2) is 43.0 Å². The lowest BCUT2D eigenvalue weighted by atomic mass is 9.97. The Morgan fingerprint density at radius 1 is 1.10 bits per heavy atom. The van der Waals surface area contributed by atoms with Crippen molar-refractivity contribution in [2.75, 3.05) is 0 Å². The molecule has 0 saturated carbocycles. The second kappa shape index (κ2) is 10.7. The average molecular weight is 559 g/mol. The van der Waals surface area contributed by atoms with Crippen LogP contribution in [0.4, 0.5) is 4.39 Å². The highest BCUT2D eigenvalue weighted by molar-refractivity contribution is 5.98. The van der Waals surface area contributed by atoms with Gasteiger partial charge in [0.1, 0.15) is 29.1 Å². The minimum atomic E-state index is -0.605. The molecule has 0 saturated heterocycles. The van der Waals surface area contributed by atoms with E-state index in [2.05, 4.69) is 25.7 Å². The van der Waals surface area contributed by atoms with Crippen molar-refractivity contribution in [2.24, 2.45) is 0 Å². The van der Waals surface area contributed by atoms with E-state index in [0.717, 1.165) is 22.3 Å². The number of esters is 1. The molecule has 11 heteroatoms. The van der Waals surface area contributed by atoms with Gasteiger partial charge in [0.15, 0.2) is 0 Å². The van der Waals surface area contributed by atoms with Gasteiger partial charge in [0, 0.05) is 12.6 Å². The Kier molecular flexibility index (Phi) is 7.29. The number of hydrogen-bond acceptors (Lipinski definition) is 7. The van der Waals surface area contributed by atoms with Gasteiger partial charge in [-0.2, -0.15) is 14.6 Å². The summed E-state index contributed by atoms with van der Waals surface area (Å²) in [6, 6.07) is 9.26. The Morgan fingerprint density at radius 2 is 1.88 bits per heavy atom. The summed E-state index contributed by atoms with van der Waals surface area (Å²) in [5, 5.41) is 9.91. The quantitative estimate of drug-likeness (QED) is 0.340. The van der Waals surface area contributed by atoms with Crippen molar-refractivity contribution in [2.45, 2.75) is 65.6 Å². The number of nitrogens with zero attached hydrogens (tertiary/aromatic N) is 4. The Bertz CT molecular complexity index is 1690. The normalized spacial score (nSPS) is 14.5. The van der Waals surface area contributed by atoms with E-state index in [1.54, 1.807) is 25.1 Å². The van der Waals surface area contributed by atoms with Crippen LogP contribution in [0.3, 0.4) is 0 Å². The molecule has 0 aliphatic heterocycles. The fourth-order valence-electron chi connectivity index (χ4n) is 5.00. The second-order valence-corrected chi connectivity index (χ2v) is 11.1. The maximum absolute atomic E-state index is 13.6. The van der Waals surface area contributed by atoms with Crippen molar-refractivity contribution in [3.63, 3.8) is 0 Å². The van der Waals surface area contributed by atoms with Crippen LogP contribution >= 0.6 is 0 Å². The van der Waals surface area contributed by atoms with Gasteiger partial charge in [-0.25, -0.2) is 14.2 Å². The Morgan fingerprint density at radius 3 is 2.61 bits per heavy atom. The van der Waals surface area contributed by atoms with Crippen LogP contribution in [0.2, 0.25) is 0 Å². The number of aryl methyl sites for hydroxylation is 1. The number of carbonyl (C=O) groups excluding carboxylic acids is 3. The minimum Gasteiger partial charge on any atom is -0.456 e. The summed E-state index contributed by atoms with van der Waals surface area (Å²) >= 11 is 0. The monoisotopic (exact) mass is 558 g/mol. The predicted octanol–water partition coefficient (Wildman–Crippen LogP) is 4.18. The third-order valence-electron chi connectivity index (χ3n) is 7.01. The smallest absolute Gasteiger partial charge is 0.338 e. The Balaban J connectivity index is 1.35. The first-order valence-electron chi connectivity index (χ1n) is 13.3. The zero-order chi connectivity index (χ0) is 29.5. The van der Waals surface area contributed by atoms with E-state index >= 15 is 0 Å². The molecule has 0 spiro atoms. The van der Waals surface area contributed by atoms with Gasteiger partial charge in [0.25, 0.3) is 17.6 Å². The fourth-order valence-corrected chi connectivity index (χ4v) is 5.00. The van der Waals surface area contributed by atoms with Gasteiger partial charge >= 0.3 is 5.97 Å². The van der Waals surface area contributed by atoms with Crippen LogP contribution < -0.4 is 10.6 Å². The van der Waals surface area contributed by atoms with E-state index in [9.17, 15) is 18.8 Å². The molecular formula is C30H31FN6O4. The molecule has 10 nitrogen and oxygen atoms in total. The molecule has 0 radical (unpaired) electrons. The van der Waals surface area contributed by atoms with Gasteiger partial charge in [-0.1, -0.05) is 18.2 Å². The lowest BCUT2D eigenvalue weighted by Crippen LogP contribution is -2.31. The van der Waals surface area contributed by atoms with Crippen LogP contribution in [0.1, 0.15) is 92.4 Å². The fraction of sp³-hybridized carbons (Fsp3) is 0.333. The average Bonchev–Trinajstić information content (AvgIpc) is 3.55. The highest BCUT2D eigenvalue weighted by atomic mass is 19.1. The Hall–Kier alpha value is -4.67. The van der Waals surface area contributed by atoms with E-state index in [4.69, 9.17) is 4.74 Å². The van der Waals surface area contributed by atoms with Crippen LogP contribution in [0.25, 0.3) is 5.78 Å². The van der Waals surface area contributed by atoms with Gasteiger partial charge in [-0.15, -0.1) is 0 Å². The number of rotatable bonds is 6. The van der Waals surface area contributed by atoms with Gasteiger partial charge in [0.2, 0.25) is 0 Å². The van der Waals surface area contributed by atoms with Crippen molar-refractivity contribution < 1.29 is 23.5 Å². The standard InChI is InChI=1S/C30H31FN6O4/c1-16-12-18(6-10-22(16)31)14-32-26(38)24-13-25(37-29(36-24)33-15-34-37)27(39)35-23-11-9-19-17(2)20(7-8-21(19)23)28(40)41-30(3,4)5/h6-8,10,12-13,15,23H,9,11,14H2,1-5H3,(H,32,38)(H,35,39)/t23-/m0/s1. The number of aromatic nitrogens is 4. The Labute approximate surface area is 236 Å². The van der Waals surface area contributed by atoms with E-state index in [-0.39, 0.29) is 41.5 Å². The maximum Gasteiger partial charge on any atom is 0.338 e. The van der Waals surface area contributed by atoms with Crippen LogP contribution in [0.15, 0.2) is 42.7 Å². The minimum absolute atomic E-state index is 0.000785. The van der Waals surface area contributed by atoms with Crippen LogP contribution in [-0.2, 0) is 17.7 Å². The lowest BCUT2D eigenvalue weighted by molar-refractivity contribution is 0.00683. The zero-order valence-corrected chi connectivity index (χ0v) is 23.5. The van der Waals surface area contributed by atoms with Crippen LogP contribution in [0, 0.1) is 19.7 Å². The number of ether oxygens (including phenoxy) is 1. The molecule has 1 aliphatic rings. The summed E-state index contributed by atoms with van der Waals surface area (Å²) in [5.41, 5.74) is 3.99. The number of amides is 2. The summed E-state index contributed by atoms with van der Waals surface area (Å²) in [7, 11) is 0. The molecule has 1 atom stereocenters. The van der Waals surface area contributed by atoms with Crippen molar-refractivity contribution in [3.8, 4) is 0 Å². The third kappa shape index (κ3) is 5.79. The number of halogens is 1. The van der Waals surface area contributed by atoms with Crippen LogP contribution in [0.5, 0.6) is 0 Å². The topological polar surface area (TPSA) is 128 Å². The number of benzene rings is 2. The molecule has 41 heavy (non-hydrogen) atoms. The maximum atomic E-state index is 13.6. The first kappa shape index (κ1) is 27.9. The predicted molar refractivity (Wildman–Crippen MR) is 148 cm³/mol. The number of carbonyl (C=O) groups is 3. The summed E-state index contributed by atoms with van der Waals surface area (Å²) in [6.07, 6.45) is 2.60. The summed E-state index contributed by atoms with van der Waals surface area (Å²) < 4.78 is 20.4. The largest absolute Gasteiger partial charge is 0.456 e. The van der Waals surface area contributed by atoms with Crippen molar-refractivity contribution in [1.29, 1.82) is 0 Å². The third-order valence-corrected chi connectivity index (χ3v) is 7.01. The lowest BCUT2D eigenvalue weighted by Gasteiger charge is -2.21. The van der Waals surface area contributed by atoms with E-state index in [0.29, 0.717) is 24.0 Å². The van der Waals surface area contributed by atoms with Crippen molar-refractivity contribution in [3.05, 3.63) is 93.3 Å². The molecule has 1 aliphatic carbocycles. The van der Waals surface area contributed by atoms with Gasteiger partial charge in [-0.3, -0.25) is 9.59 Å². The first-order chi connectivity index (χ1) is 19.4. The van der Waals surface area contributed by atoms with Crippen molar-refractivity contribution >= 4 is 23.6 Å². The molecule has 212 valence electrons. The molecule has 2 amide bonds. The molecule has 0 fully saturated rings. The van der Waals surface area contributed by atoms with Gasteiger partial charge in [0.05, 0.1) is 11.6 Å².